The number of aromatic nitrogens is 2. The molecule has 2 heterocycles. The van der Waals surface area contributed by atoms with Gasteiger partial charge < -0.3 is 10.3 Å². The Labute approximate surface area is 121 Å². The number of alkyl halides is 3. The van der Waals surface area contributed by atoms with Gasteiger partial charge in [-0.05, 0) is 30.5 Å². The number of nitrogens with zero attached hydrogens (tertiary/aromatic N) is 1. The molecule has 0 spiro atoms. The maximum Gasteiger partial charge on any atom is 0.393 e. The second kappa shape index (κ2) is 5.67. The Morgan fingerprint density at radius 1 is 1.29 bits per heavy atom. The number of H-pyrrole nitrogens is 1. The third kappa shape index (κ3) is 3.05. The van der Waals surface area contributed by atoms with Crippen LogP contribution in [0, 0.1) is 5.92 Å². The van der Waals surface area contributed by atoms with E-state index >= 15 is 0 Å². The largest absolute Gasteiger partial charge is 0.393 e. The minimum atomic E-state index is -4.11. The summed E-state index contributed by atoms with van der Waals surface area (Å²) in [5.74, 6) is -1.23. The molecule has 1 aliphatic carbocycles. The highest BCUT2D eigenvalue weighted by molar-refractivity contribution is 5.79. The number of fused-ring (bicyclic) bond motifs is 1. The topological polar surface area (TPSA) is 40.7 Å². The van der Waals surface area contributed by atoms with Crippen molar-refractivity contribution in [2.45, 2.75) is 44.4 Å². The van der Waals surface area contributed by atoms with Gasteiger partial charge in [-0.3, -0.25) is 0 Å². The number of pyridine rings is 1. The van der Waals surface area contributed by atoms with E-state index in [9.17, 15) is 13.2 Å². The number of halogens is 3. The monoisotopic (exact) mass is 297 g/mol. The van der Waals surface area contributed by atoms with Gasteiger partial charge in [-0.15, -0.1) is 0 Å². The van der Waals surface area contributed by atoms with Crippen LogP contribution in [0.3, 0.4) is 0 Å². The van der Waals surface area contributed by atoms with E-state index in [0.29, 0.717) is 19.4 Å². The Kier molecular flexibility index (Phi) is 3.89. The van der Waals surface area contributed by atoms with Crippen LogP contribution < -0.4 is 5.32 Å². The van der Waals surface area contributed by atoms with Crippen LogP contribution in [0.5, 0.6) is 0 Å². The molecule has 0 radical (unpaired) electrons. The maximum absolute atomic E-state index is 13.1. The molecule has 0 aromatic carbocycles. The number of nitrogens with one attached hydrogen (secondary N) is 2. The summed E-state index contributed by atoms with van der Waals surface area (Å²) in [6.07, 6.45) is 1.74. The molecule has 2 unspecified atom stereocenters. The zero-order valence-corrected chi connectivity index (χ0v) is 11.6. The van der Waals surface area contributed by atoms with Gasteiger partial charge in [0, 0.05) is 30.4 Å². The lowest BCUT2D eigenvalue weighted by Crippen LogP contribution is -2.45. The molecule has 1 aliphatic rings. The van der Waals surface area contributed by atoms with E-state index in [4.69, 9.17) is 0 Å². The third-order valence-electron chi connectivity index (χ3n) is 4.28. The molecule has 2 aromatic heterocycles. The van der Waals surface area contributed by atoms with E-state index in [-0.39, 0.29) is 6.42 Å². The first kappa shape index (κ1) is 14.4. The normalized spacial score (nSPS) is 23.6. The summed E-state index contributed by atoms with van der Waals surface area (Å²) in [7, 11) is 0. The molecule has 2 aromatic rings. The number of hydrogen-bond acceptors (Lipinski definition) is 2. The summed E-state index contributed by atoms with van der Waals surface area (Å²) in [5, 5.41) is 4.07. The van der Waals surface area contributed by atoms with Crippen molar-refractivity contribution in [2.75, 3.05) is 0 Å². The smallest absolute Gasteiger partial charge is 0.346 e. The fraction of sp³-hybridized carbons (Fsp3) is 0.533. The van der Waals surface area contributed by atoms with Crippen molar-refractivity contribution >= 4 is 11.0 Å². The van der Waals surface area contributed by atoms with Crippen molar-refractivity contribution in [3.8, 4) is 0 Å². The molecule has 3 nitrogen and oxygen atoms in total. The quantitative estimate of drug-likeness (QED) is 0.905. The van der Waals surface area contributed by atoms with Crippen LogP contribution in [0.2, 0.25) is 0 Å². The van der Waals surface area contributed by atoms with Crippen molar-refractivity contribution < 1.29 is 13.2 Å². The zero-order valence-electron chi connectivity index (χ0n) is 11.6. The van der Waals surface area contributed by atoms with E-state index < -0.39 is 18.1 Å². The fourth-order valence-corrected chi connectivity index (χ4v) is 3.17. The van der Waals surface area contributed by atoms with E-state index in [1.54, 1.807) is 6.20 Å². The lowest BCUT2D eigenvalue weighted by molar-refractivity contribution is -0.189. The van der Waals surface area contributed by atoms with Crippen LogP contribution in [-0.4, -0.2) is 22.2 Å². The highest BCUT2D eigenvalue weighted by atomic mass is 19.4. The second-order valence-corrected chi connectivity index (χ2v) is 5.63. The van der Waals surface area contributed by atoms with Gasteiger partial charge in [0.15, 0.2) is 0 Å². The van der Waals surface area contributed by atoms with Crippen molar-refractivity contribution in [1.82, 2.24) is 15.3 Å². The van der Waals surface area contributed by atoms with Crippen molar-refractivity contribution in [3.05, 3.63) is 30.1 Å². The van der Waals surface area contributed by atoms with Gasteiger partial charge in [0.25, 0.3) is 0 Å². The fourth-order valence-electron chi connectivity index (χ4n) is 3.17. The molecule has 21 heavy (non-hydrogen) atoms. The van der Waals surface area contributed by atoms with Gasteiger partial charge >= 0.3 is 6.18 Å². The van der Waals surface area contributed by atoms with Crippen LogP contribution in [0.4, 0.5) is 13.2 Å². The van der Waals surface area contributed by atoms with E-state index in [2.05, 4.69) is 15.3 Å². The predicted molar refractivity (Wildman–Crippen MR) is 74.7 cm³/mol. The Bertz CT molecular complexity index is 605. The maximum atomic E-state index is 13.1. The van der Waals surface area contributed by atoms with Crippen LogP contribution in [0.1, 0.15) is 31.2 Å². The summed E-state index contributed by atoms with van der Waals surface area (Å²) in [6, 6.07) is 3.27. The first-order valence-electron chi connectivity index (χ1n) is 7.27. The van der Waals surface area contributed by atoms with Gasteiger partial charge in [-0.1, -0.05) is 12.8 Å². The minimum absolute atomic E-state index is 0.233. The highest BCUT2D eigenvalue weighted by Crippen LogP contribution is 2.37. The minimum Gasteiger partial charge on any atom is -0.346 e. The molecule has 6 heteroatoms. The molecule has 0 saturated heterocycles. The standard InChI is InChI=1S/C15H18F3N3/c16-15(17,18)12-5-1-2-6-13(12)20-8-10-9-21-14-11(10)4-3-7-19-14/h3-4,7,9,12-13,20H,1-2,5-6,8H2,(H,19,21). The average molecular weight is 297 g/mol. The lowest BCUT2D eigenvalue weighted by atomic mass is 9.84. The van der Waals surface area contributed by atoms with Gasteiger partial charge in [-0.25, -0.2) is 4.98 Å². The number of rotatable bonds is 3. The lowest BCUT2D eigenvalue weighted by Gasteiger charge is -2.33. The van der Waals surface area contributed by atoms with Gasteiger partial charge in [0.05, 0.1) is 5.92 Å². The van der Waals surface area contributed by atoms with Crippen molar-refractivity contribution in [3.63, 3.8) is 0 Å². The molecular formula is C15H18F3N3. The molecule has 2 N–H and O–H groups in total. The Morgan fingerprint density at radius 2 is 2.10 bits per heavy atom. The van der Waals surface area contributed by atoms with Crippen molar-refractivity contribution in [2.24, 2.45) is 5.92 Å². The Morgan fingerprint density at radius 3 is 2.90 bits per heavy atom. The molecule has 3 rings (SSSR count). The predicted octanol–water partition coefficient (Wildman–Crippen LogP) is 3.77. The summed E-state index contributed by atoms with van der Waals surface area (Å²) in [6.45, 7) is 0.433. The van der Waals surface area contributed by atoms with E-state index in [1.807, 2.05) is 18.3 Å². The van der Waals surface area contributed by atoms with Gasteiger partial charge in [0.1, 0.15) is 5.65 Å². The average Bonchev–Trinajstić information content (AvgIpc) is 2.88. The molecule has 0 amide bonds. The molecule has 1 saturated carbocycles. The van der Waals surface area contributed by atoms with E-state index in [0.717, 1.165) is 23.0 Å². The summed E-state index contributed by atoms with van der Waals surface area (Å²) < 4.78 is 39.2. The first-order valence-corrected chi connectivity index (χ1v) is 7.27. The van der Waals surface area contributed by atoms with Crippen LogP contribution in [-0.2, 0) is 6.54 Å². The summed E-state index contributed by atoms with van der Waals surface area (Å²) in [4.78, 5) is 7.23. The zero-order chi connectivity index (χ0) is 14.9. The third-order valence-corrected chi connectivity index (χ3v) is 4.28. The molecular weight excluding hydrogens is 279 g/mol. The summed E-state index contributed by atoms with van der Waals surface area (Å²) >= 11 is 0. The van der Waals surface area contributed by atoms with Gasteiger partial charge in [0.2, 0.25) is 0 Å². The van der Waals surface area contributed by atoms with Crippen LogP contribution in [0.15, 0.2) is 24.5 Å². The Hall–Kier alpha value is -1.56. The van der Waals surface area contributed by atoms with Crippen LogP contribution in [0.25, 0.3) is 11.0 Å². The second-order valence-electron chi connectivity index (χ2n) is 5.63. The summed E-state index contributed by atoms with van der Waals surface area (Å²) in [5.41, 5.74) is 1.73. The van der Waals surface area contributed by atoms with Crippen molar-refractivity contribution in [1.29, 1.82) is 0 Å². The molecule has 114 valence electrons. The number of hydrogen-bond donors (Lipinski definition) is 2. The highest BCUT2D eigenvalue weighted by Gasteiger charge is 2.45. The van der Waals surface area contributed by atoms with E-state index in [1.165, 1.54) is 0 Å². The first-order chi connectivity index (χ1) is 10.1. The van der Waals surface area contributed by atoms with Gasteiger partial charge in [-0.2, -0.15) is 13.2 Å². The Balaban J connectivity index is 1.71. The number of aromatic amines is 1. The molecule has 0 bridgehead atoms. The van der Waals surface area contributed by atoms with Crippen LogP contribution >= 0.6 is 0 Å². The molecule has 0 aliphatic heterocycles. The molecule has 1 fully saturated rings. The molecule has 2 atom stereocenters. The SMILES string of the molecule is FC(F)(F)C1CCCCC1NCc1c[nH]c2ncccc12.